The minimum absolute atomic E-state index is 0.408. The summed E-state index contributed by atoms with van der Waals surface area (Å²) in [4.78, 5) is 0. The summed E-state index contributed by atoms with van der Waals surface area (Å²) in [5.74, 6) is 1.40. The van der Waals surface area contributed by atoms with E-state index in [0.29, 0.717) is 34.5 Å². The van der Waals surface area contributed by atoms with Crippen LogP contribution in [0.3, 0.4) is 0 Å². The van der Waals surface area contributed by atoms with Crippen LogP contribution < -0.4 is 4.74 Å². The van der Waals surface area contributed by atoms with Gasteiger partial charge in [0.1, 0.15) is 19.0 Å². The average molecular weight is 447 g/mol. The predicted octanol–water partition coefficient (Wildman–Crippen LogP) is 6.61. The number of hydrogen-bond donors (Lipinski definition) is 0. The van der Waals surface area contributed by atoms with Crippen molar-refractivity contribution in [3.8, 4) is 5.75 Å². The second kappa shape index (κ2) is 14.5. The number of hydrogen-bond acceptors (Lipinski definition) is 7. The first kappa shape index (κ1) is 24.5. The van der Waals surface area contributed by atoms with E-state index in [1.807, 2.05) is 30.7 Å². The number of ether oxygens (including phenoxy) is 3. The van der Waals surface area contributed by atoms with Crippen molar-refractivity contribution in [1.29, 1.82) is 0 Å². The second-order valence-corrected chi connectivity index (χ2v) is 8.97. The van der Waals surface area contributed by atoms with Gasteiger partial charge in [0.2, 0.25) is 8.77 Å². The summed E-state index contributed by atoms with van der Waals surface area (Å²) >= 11 is 13.1. The molecule has 0 fully saturated rings. The molecule has 0 aromatic heterocycles. The molecule has 0 saturated carbocycles. The van der Waals surface area contributed by atoms with Gasteiger partial charge in [0, 0.05) is 5.56 Å². The van der Waals surface area contributed by atoms with Crippen LogP contribution in [0.5, 0.6) is 5.75 Å². The van der Waals surface area contributed by atoms with Crippen molar-refractivity contribution in [3.05, 3.63) is 29.3 Å². The van der Waals surface area contributed by atoms with Gasteiger partial charge in [-0.1, -0.05) is 68.8 Å². The Morgan fingerprint density at radius 3 is 2.30 bits per heavy atom. The average Bonchev–Trinajstić information content (AvgIpc) is 2.70. The highest BCUT2D eigenvalue weighted by atomic mass is 32.2. The molecule has 0 heterocycles. The van der Waals surface area contributed by atoms with Crippen molar-refractivity contribution in [3.63, 3.8) is 0 Å². The van der Waals surface area contributed by atoms with E-state index in [1.165, 1.54) is 42.8 Å². The van der Waals surface area contributed by atoms with E-state index in [1.54, 1.807) is 0 Å². The second-order valence-electron chi connectivity index (χ2n) is 6.16. The largest absolute Gasteiger partial charge is 0.493 e. The summed E-state index contributed by atoms with van der Waals surface area (Å²) in [5.41, 5.74) is 2.02. The van der Waals surface area contributed by atoms with Crippen LogP contribution in [0.15, 0.2) is 18.2 Å². The maximum absolute atomic E-state index is 6.20. The third-order valence-electron chi connectivity index (χ3n) is 4.18. The number of thiocarbonyl (C=S) groups is 2. The third kappa shape index (κ3) is 10.0. The highest BCUT2D eigenvalue weighted by molar-refractivity contribution is 8.22. The Hall–Kier alpha value is -0.500. The number of benzene rings is 1. The first-order chi connectivity index (χ1) is 13.0. The Labute approximate surface area is 183 Å². The quantitative estimate of drug-likeness (QED) is 0.353. The molecule has 0 saturated heterocycles. The van der Waals surface area contributed by atoms with Gasteiger partial charge >= 0.3 is 0 Å². The lowest BCUT2D eigenvalue weighted by Crippen LogP contribution is -2.13. The fourth-order valence-corrected chi connectivity index (χ4v) is 2.92. The molecule has 0 amide bonds. The molecule has 3 nitrogen and oxygen atoms in total. The Kier molecular flexibility index (Phi) is 13.2. The minimum Gasteiger partial charge on any atom is -0.493 e. The van der Waals surface area contributed by atoms with E-state index in [0.717, 1.165) is 23.3 Å². The minimum atomic E-state index is 0.408. The van der Waals surface area contributed by atoms with Crippen molar-refractivity contribution in [2.24, 2.45) is 5.92 Å². The third-order valence-corrected chi connectivity index (χ3v) is 6.32. The molecular formula is C20H30O3S4. The highest BCUT2D eigenvalue weighted by Gasteiger charge is 2.12. The fourth-order valence-electron chi connectivity index (χ4n) is 2.44. The molecule has 1 atom stereocenters. The van der Waals surface area contributed by atoms with Crippen LogP contribution >= 0.6 is 48.0 Å². The molecule has 0 N–H and O–H groups in total. The van der Waals surface area contributed by atoms with Crippen molar-refractivity contribution < 1.29 is 14.2 Å². The van der Waals surface area contributed by atoms with Crippen molar-refractivity contribution in [2.45, 2.75) is 52.7 Å². The molecule has 0 aliphatic rings. The van der Waals surface area contributed by atoms with Gasteiger partial charge < -0.3 is 14.2 Å². The van der Waals surface area contributed by atoms with Gasteiger partial charge in [-0.05, 0) is 60.9 Å². The van der Waals surface area contributed by atoms with Crippen LogP contribution in [-0.4, -0.2) is 27.9 Å². The van der Waals surface area contributed by atoms with Gasteiger partial charge in [-0.2, -0.15) is 0 Å². The van der Waals surface area contributed by atoms with E-state index in [2.05, 4.69) is 13.8 Å². The zero-order valence-corrected chi connectivity index (χ0v) is 19.9. The Morgan fingerprint density at radius 2 is 1.70 bits per heavy atom. The number of thioether (sulfide) groups is 2. The smallest absolute Gasteiger partial charge is 0.220 e. The summed E-state index contributed by atoms with van der Waals surface area (Å²) in [5, 5.41) is 0. The Bertz CT molecular complexity index is 593. The fraction of sp³-hybridized carbons (Fsp3) is 0.600. The van der Waals surface area contributed by atoms with E-state index in [-0.39, 0.29) is 0 Å². The van der Waals surface area contributed by atoms with Gasteiger partial charge in [-0.3, -0.25) is 0 Å². The van der Waals surface area contributed by atoms with Gasteiger partial charge in [-0.15, -0.1) is 0 Å². The van der Waals surface area contributed by atoms with Crippen LogP contribution in [0, 0.1) is 5.92 Å². The van der Waals surface area contributed by atoms with Crippen molar-refractivity contribution >= 4 is 56.7 Å². The monoisotopic (exact) mass is 446 g/mol. The molecule has 1 unspecified atom stereocenters. The van der Waals surface area contributed by atoms with Gasteiger partial charge in [-0.25, -0.2) is 0 Å². The van der Waals surface area contributed by atoms with Gasteiger partial charge in [0.05, 0.1) is 6.61 Å². The van der Waals surface area contributed by atoms with E-state index < -0.39 is 0 Å². The molecule has 1 aromatic carbocycles. The van der Waals surface area contributed by atoms with E-state index in [4.69, 9.17) is 38.6 Å². The molecule has 0 aliphatic heterocycles. The SMILES string of the molecule is CCCCC(CC)COc1cc(COC(=S)SC)ccc1COC(=S)SC. The predicted molar refractivity (Wildman–Crippen MR) is 127 cm³/mol. The zero-order valence-electron chi connectivity index (χ0n) is 16.6. The van der Waals surface area contributed by atoms with E-state index >= 15 is 0 Å². The molecule has 1 rings (SSSR count). The van der Waals surface area contributed by atoms with Gasteiger partial charge in [0.15, 0.2) is 0 Å². The lowest BCUT2D eigenvalue weighted by molar-refractivity contribution is 0.224. The summed E-state index contributed by atoms with van der Waals surface area (Å²) in [6.45, 7) is 6.00. The highest BCUT2D eigenvalue weighted by Crippen LogP contribution is 2.25. The topological polar surface area (TPSA) is 27.7 Å². The van der Waals surface area contributed by atoms with Crippen LogP contribution in [0.2, 0.25) is 0 Å². The molecule has 0 aliphatic carbocycles. The van der Waals surface area contributed by atoms with Crippen LogP contribution in [0.1, 0.15) is 50.7 Å². The van der Waals surface area contributed by atoms with Gasteiger partial charge in [0.25, 0.3) is 0 Å². The Balaban J connectivity index is 2.84. The molecule has 0 spiro atoms. The lowest BCUT2D eigenvalue weighted by atomic mass is 10.0. The van der Waals surface area contributed by atoms with Crippen molar-refractivity contribution in [2.75, 3.05) is 19.1 Å². The molecule has 0 radical (unpaired) electrons. The van der Waals surface area contributed by atoms with E-state index in [9.17, 15) is 0 Å². The molecule has 1 aromatic rings. The first-order valence-electron chi connectivity index (χ1n) is 9.20. The maximum atomic E-state index is 6.20. The van der Waals surface area contributed by atoms with Crippen LogP contribution in [-0.2, 0) is 22.7 Å². The number of unbranched alkanes of at least 4 members (excludes halogenated alkanes) is 1. The normalized spacial score (nSPS) is 11.7. The summed E-state index contributed by atoms with van der Waals surface area (Å²) in [6, 6.07) is 6.06. The standard InChI is InChI=1S/C20H30O3S4/c1-5-7-8-15(6-2)12-21-18-11-16(13-22-19(24)26-3)9-10-17(18)14-23-20(25)27-4/h9-11,15H,5-8,12-14H2,1-4H3. The summed E-state index contributed by atoms with van der Waals surface area (Å²) in [7, 11) is 0. The molecule has 152 valence electrons. The first-order valence-corrected chi connectivity index (χ1v) is 12.5. The van der Waals surface area contributed by atoms with Crippen molar-refractivity contribution in [1.82, 2.24) is 0 Å². The molecular weight excluding hydrogens is 416 g/mol. The summed E-state index contributed by atoms with van der Waals surface area (Å²) < 4.78 is 18.5. The summed E-state index contributed by atoms with van der Waals surface area (Å²) in [6.07, 6.45) is 8.58. The van der Waals surface area contributed by atoms with Crippen LogP contribution in [0.4, 0.5) is 0 Å². The maximum Gasteiger partial charge on any atom is 0.220 e. The zero-order chi connectivity index (χ0) is 20.1. The Morgan fingerprint density at radius 1 is 1.04 bits per heavy atom. The molecule has 27 heavy (non-hydrogen) atoms. The lowest BCUT2D eigenvalue weighted by Gasteiger charge is -2.18. The van der Waals surface area contributed by atoms with Crippen LogP contribution in [0.25, 0.3) is 0 Å². The number of rotatable bonds is 11. The molecule has 7 heteroatoms. The molecule has 0 bridgehead atoms.